The van der Waals surface area contributed by atoms with Crippen molar-refractivity contribution in [3.63, 3.8) is 0 Å². The summed E-state index contributed by atoms with van der Waals surface area (Å²) in [6.45, 7) is 7.43. The first-order chi connectivity index (χ1) is 12.3. The Bertz CT molecular complexity index is 976. The van der Waals surface area contributed by atoms with Gasteiger partial charge in [-0.25, -0.2) is 23.1 Å². The second-order valence-corrected chi connectivity index (χ2v) is 6.23. The molecule has 136 valence electrons. The van der Waals surface area contributed by atoms with Crippen molar-refractivity contribution in [3.05, 3.63) is 53.0 Å². The van der Waals surface area contributed by atoms with Crippen LogP contribution in [0.3, 0.4) is 0 Å². The second-order valence-electron chi connectivity index (χ2n) is 6.23. The molecule has 7 heteroatoms. The Morgan fingerprint density at radius 1 is 1.23 bits per heavy atom. The van der Waals surface area contributed by atoms with E-state index in [9.17, 15) is 13.6 Å². The van der Waals surface area contributed by atoms with Gasteiger partial charge in [0.2, 0.25) is 0 Å². The van der Waals surface area contributed by atoms with Gasteiger partial charge in [0.15, 0.2) is 11.3 Å². The maximum atomic E-state index is 14.4. The maximum Gasteiger partial charge on any atom is 0.357 e. The van der Waals surface area contributed by atoms with E-state index in [1.165, 1.54) is 22.7 Å². The molecule has 0 aliphatic heterocycles. The van der Waals surface area contributed by atoms with Crippen LogP contribution in [0.2, 0.25) is 0 Å². The summed E-state index contributed by atoms with van der Waals surface area (Å²) < 4.78 is 35.3. The molecule has 0 aliphatic rings. The minimum atomic E-state index is -0.711. The molecule has 3 aromatic rings. The summed E-state index contributed by atoms with van der Waals surface area (Å²) >= 11 is 0. The van der Waals surface area contributed by atoms with E-state index in [0.717, 1.165) is 0 Å². The number of benzene rings is 1. The van der Waals surface area contributed by atoms with E-state index in [2.05, 4.69) is 10.1 Å². The van der Waals surface area contributed by atoms with Gasteiger partial charge in [0.25, 0.3) is 0 Å². The Labute approximate surface area is 149 Å². The standard InChI is InChI=1S/C19H19F2N3O2/c1-5-26-19(25)14-9-15(10(2)3)24-18(22-14)16(11(4)23-24)17-12(20)7-6-8-13(17)21/h6-10H,5H2,1-4H3. The smallest absolute Gasteiger partial charge is 0.357 e. The molecule has 0 aliphatic carbocycles. The average molecular weight is 359 g/mol. The molecule has 0 unspecified atom stereocenters. The molecule has 0 radical (unpaired) electrons. The molecular weight excluding hydrogens is 340 g/mol. The molecule has 5 nitrogen and oxygen atoms in total. The number of halogens is 2. The lowest BCUT2D eigenvalue weighted by Crippen LogP contribution is -2.12. The van der Waals surface area contributed by atoms with E-state index < -0.39 is 17.6 Å². The summed E-state index contributed by atoms with van der Waals surface area (Å²) in [4.78, 5) is 16.5. The normalized spacial score (nSPS) is 11.3. The van der Waals surface area contributed by atoms with Crippen LogP contribution in [0.5, 0.6) is 0 Å². The van der Waals surface area contributed by atoms with Crippen molar-refractivity contribution in [2.24, 2.45) is 0 Å². The number of rotatable bonds is 4. The minimum absolute atomic E-state index is 0.00583. The topological polar surface area (TPSA) is 56.5 Å². The number of fused-ring (bicyclic) bond motifs is 1. The van der Waals surface area contributed by atoms with Crippen LogP contribution >= 0.6 is 0 Å². The summed E-state index contributed by atoms with van der Waals surface area (Å²) in [6.07, 6.45) is 0. The molecule has 0 fully saturated rings. The van der Waals surface area contributed by atoms with Gasteiger partial charge in [0.1, 0.15) is 11.6 Å². The number of ether oxygens (including phenoxy) is 1. The Morgan fingerprint density at radius 2 is 1.88 bits per heavy atom. The molecule has 0 spiro atoms. The highest BCUT2D eigenvalue weighted by molar-refractivity contribution is 5.90. The van der Waals surface area contributed by atoms with E-state index in [1.807, 2.05) is 13.8 Å². The lowest BCUT2D eigenvalue weighted by atomic mass is 10.0. The van der Waals surface area contributed by atoms with E-state index in [1.54, 1.807) is 19.9 Å². The van der Waals surface area contributed by atoms with Gasteiger partial charge in [0.05, 0.1) is 23.4 Å². The first kappa shape index (κ1) is 18.0. The highest BCUT2D eigenvalue weighted by Gasteiger charge is 2.24. The summed E-state index contributed by atoms with van der Waals surface area (Å²) in [7, 11) is 0. The highest BCUT2D eigenvalue weighted by atomic mass is 19.1. The molecule has 2 heterocycles. The van der Waals surface area contributed by atoms with Gasteiger partial charge in [-0.3, -0.25) is 0 Å². The van der Waals surface area contributed by atoms with E-state index in [0.29, 0.717) is 11.4 Å². The van der Waals surface area contributed by atoms with Crippen molar-refractivity contribution in [3.8, 4) is 11.1 Å². The van der Waals surface area contributed by atoms with Crippen molar-refractivity contribution in [2.75, 3.05) is 6.61 Å². The molecule has 0 saturated carbocycles. The number of carbonyl (C=O) groups excluding carboxylic acids is 1. The summed E-state index contributed by atoms with van der Waals surface area (Å²) in [5.41, 5.74) is 1.45. The fourth-order valence-corrected chi connectivity index (χ4v) is 2.90. The number of esters is 1. The predicted molar refractivity (Wildman–Crippen MR) is 93.1 cm³/mol. The Kier molecular flexibility index (Phi) is 4.71. The van der Waals surface area contributed by atoms with Crippen molar-refractivity contribution in [1.29, 1.82) is 0 Å². The zero-order valence-corrected chi connectivity index (χ0v) is 15.0. The van der Waals surface area contributed by atoms with Crippen LogP contribution < -0.4 is 0 Å². The molecule has 2 aromatic heterocycles. The molecule has 1 aromatic carbocycles. The van der Waals surface area contributed by atoms with Crippen LogP contribution in [0.4, 0.5) is 8.78 Å². The van der Waals surface area contributed by atoms with Gasteiger partial charge >= 0.3 is 5.97 Å². The summed E-state index contributed by atoms with van der Waals surface area (Å²) in [6, 6.07) is 5.26. The minimum Gasteiger partial charge on any atom is -0.461 e. The zero-order chi connectivity index (χ0) is 19.0. The lowest BCUT2D eigenvalue weighted by Gasteiger charge is -2.11. The van der Waals surface area contributed by atoms with E-state index in [4.69, 9.17) is 4.74 Å². The Morgan fingerprint density at radius 3 is 2.46 bits per heavy atom. The van der Waals surface area contributed by atoms with E-state index >= 15 is 0 Å². The third-order valence-corrected chi connectivity index (χ3v) is 4.08. The molecule has 3 rings (SSSR count). The molecular formula is C19H19F2N3O2. The number of nitrogens with zero attached hydrogens (tertiary/aromatic N) is 3. The molecule has 26 heavy (non-hydrogen) atoms. The fraction of sp³-hybridized carbons (Fsp3) is 0.316. The van der Waals surface area contributed by atoms with Crippen LogP contribution in [0.1, 0.15) is 48.6 Å². The van der Waals surface area contributed by atoms with Gasteiger partial charge in [-0.2, -0.15) is 5.10 Å². The molecule has 0 saturated heterocycles. The largest absolute Gasteiger partial charge is 0.461 e. The van der Waals surface area contributed by atoms with Crippen LogP contribution in [0, 0.1) is 18.6 Å². The second kappa shape index (κ2) is 6.82. The first-order valence-corrected chi connectivity index (χ1v) is 8.36. The van der Waals surface area contributed by atoms with Gasteiger partial charge in [-0.05, 0) is 38.0 Å². The number of hydrogen-bond donors (Lipinski definition) is 0. The Balaban J connectivity index is 2.38. The third-order valence-electron chi connectivity index (χ3n) is 4.08. The first-order valence-electron chi connectivity index (χ1n) is 8.36. The van der Waals surface area contributed by atoms with E-state index in [-0.39, 0.29) is 35.0 Å². The fourth-order valence-electron chi connectivity index (χ4n) is 2.90. The zero-order valence-electron chi connectivity index (χ0n) is 15.0. The number of carbonyl (C=O) groups is 1. The predicted octanol–water partition coefficient (Wildman–Crippen LogP) is 4.28. The van der Waals surface area contributed by atoms with Crippen LogP contribution in [-0.4, -0.2) is 27.2 Å². The van der Waals surface area contributed by atoms with Crippen LogP contribution in [0.15, 0.2) is 24.3 Å². The van der Waals surface area contributed by atoms with Crippen molar-refractivity contribution in [1.82, 2.24) is 14.6 Å². The number of hydrogen-bond acceptors (Lipinski definition) is 4. The average Bonchev–Trinajstić information content (AvgIpc) is 2.90. The lowest BCUT2D eigenvalue weighted by molar-refractivity contribution is 0.0519. The molecule has 0 N–H and O–H groups in total. The Hall–Kier alpha value is -2.83. The quantitative estimate of drug-likeness (QED) is 0.653. The number of aryl methyl sites for hydroxylation is 1. The maximum absolute atomic E-state index is 14.4. The van der Waals surface area contributed by atoms with Gasteiger partial charge in [-0.15, -0.1) is 0 Å². The number of aromatic nitrogens is 3. The van der Waals surface area contributed by atoms with Crippen LogP contribution in [0.25, 0.3) is 16.8 Å². The third kappa shape index (κ3) is 2.94. The SMILES string of the molecule is CCOC(=O)c1cc(C(C)C)n2nc(C)c(-c3c(F)cccc3F)c2n1. The highest BCUT2D eigenvalue weighted by Crippen LogP contribution is 2.33. The van der Waals surface area contributed by atoms with Gasteiger partial charge in [-0.1, -0.05) is 19.9 Å². The van der Waals surface area contributed by atoms with Crippen LogP contribution in [-0.2, 0) is 4.74 Å². The molecule has 0 bridgehead atoms. The summed E-state index contributed by atoms with van der Waals surface area (Å²) in [5, 5.41) is 4.41. The molecule has 0 atom stereocenters. The summed E-state index contributed by atoms with van der Waals surface area (Å²) in [5.74, 6) is -2.00. The monoisotopic (exact) mass is 359 g/mol. The van der Waals surface area contributed by atoms with Gasteiger partial charge < -0.3 is 4.74 Å². The van der Waals surface area contributed by atoms with Crippen molar-refractivity contribution in [2.45, 2.75) is 33.6 Å². The van der Waals surface area contributed by atoms with Crippen molar-refractivity contribution < 1.29 is 18.3 Å². The molecule has 0 amide bonds. The van der Waals surface area contributed by atoms with Crippen molar-refractivity contribution >= 4 is 11.6 Å². The van der Waals surface area contributed by atoms with Gasteiger partial charge in [0, 0.05) is 5.69 Å².